The van der Waals surface area contributed by atoms with Crippen molar-refractivity contribution in [1.82, 2.24) is 10.3 Å². The minimum Gasteiger partial charge on any atom is -0.478 e. The van der Waals surface area contributed by atoms with Gasteiger partial charge in [-0.1, -0.05) is 51.1 Å². The largest absolute Gasteiger partial charge is 0.478 e. The summed E-state index contributed by atoms with van der Waals surface area (Å²) >= 11 is 0. The third-order valence-electron chi connectivity index (χ3n) is 3.89. The van der Waals surface area contributed by atoms with E-state index in [1.165, 1.54) is 10.8 Å². The van der Waals surface area contributed by atoms with Crippen molar-refractivity contribution in [3.63, 3.8) is 0 Å². The van der Waals surface area contributed by atoms with Crippen LogP contribution in [0.15, 0.2) is 42.5 Å². The second-order valence-electron chi connectivity index (χ2n) is 6.80. The van der Waals surface area contributed by atoms with E-state index < -0.39 is 0 Å². The number of nitrogens with two attached hydrogens (primary N) is 1. The normalized spacial score (nSPS) is 13.5. The number of nitrogens with one attached hydrogen (secondary N) is 1. The molecule has 1 atom stereocenters. The molecule has 0 aromatic heterocycles. The smallest absolute Gasteiger partial charge is 0.139 e. The molecule has 4 heteroatoms. The Labute approximate surface area is 133 Å². The fraction of sp³-hybridized carbons (Fsp3) is 0.444. The average Bonchev–Trinajstić information content (AvgIpc) is 2.45. The van der Waals surface area contributed by atoms with Crippen LogP contribution in [0, 0.1) is 5.41 Å². The van der Waals surface area contributed by atoms with Gasteiger partial charge in [0.2, 0.25) is 0 Å². The summed E-state index contributed by atoms with van der Waals surface area (Å²) in [4.78, 5) is 0. The zero-order valence-corrected chi connectivity index (χ0v) is 14.0. The topological polar surface area (TPSA) is 50.5 Å². The Morgan fingerprint density at radius 1 is 1.14 bits per heavy atom. The van der Waals surface area contributed by atoms with Crippen molar-refractivity contribution in [1.29, 1.82) is 0 Å². The molecule has 120 valence electrons. The number of hydrogen-bond acceptors (Lipinski definition) is 4. The van der Waals surface area contributed by atoms with E-state index in [-0.39, 0.29) is 11.5 Å². The maximum atomic E-state index is 5.93. The van der Waals surface area contributed by atoms with Crippen LogP contribution in [0.25, 0.3) is 10.8 Å². The first-order valence-corrected chi connectivity index (χ1v) is 7.68. The van der Waals surface area contributed by atoms with Crippen molar-refractivity contribution < 1.29 is 4.74 Å². The van der Waals surface area contributed by atoms with Gasteiger partial charge < -0.3 is 4.74 Å². The molecular formula is C18H27N3O. The van der Waals surface area contributed by atoms with Crippen LogP contribution >= 0.6 is 0 Å². The van der Waals surface area contributed by atoms with Gasteiger partial charge in [-0.15, -0.1) is 0 Å². The van der Waals surface area contributed by atoms with Gasteiger partial charge in [0.1, 0.15) is 12.5 Å². The Hall–Kier alpha value is -1.62. The Morgan fingerprint density at radius 3 is 2.45 bits per heavy atom. The van der Waals surface area contributed by atoms with Crippen molar-refractivity contribution in [2.75, 3.05) is 20.3 Å². The Bertz CT molecular complexity index is 605. The quantitative estimate of drug-likeness (QED) is 0.373. The summed E-state index contributed by atoms with van der Waals surface area (Å²) in [7, 11) is 1.90. The fourth-order valence-electron chi connectivity index (χ4n) is 2.65. The van der Waals surface area contributed by atoms with Crippen molar-refractivity contribution >= 4 is 10.8 Å². The predicted octanol–water partition coefficient (Wildman–Crippen LogP) is 2.99. The molecular weight excluding hydrogens is 274 g/mol. The van der Waals surface area contributed by atoms with Crippen molar-refractivity contribution in [2.45, 2.75) is 26.8 Å². The van der Waals surface area contributed by atoms with Gasteiger partial charge in [0.15, 0.2) is 0 Å². The van der Waals surface area contributed by atoms with Crippen LogP contribution < -0.4 is 15.9 Å². The Morgan fingerprint density at radius 2 is 1.82 bits per heavy atom. The van der Waals surface area contributed by atoms with E-state index in [1.54, 1.807) is 5.01 Å². The lowest BCUT2D eigenvalue weighted by atomic mass is 9.86. The lowest BCUT2D eigenvalue weighted by Crippen LogP contribution is -2.51. The second kappa shape index (κ2) is 7.09. The van der Waals surface area contributed by atoms with Gasteiger partial charge in [-0.25, -0.2) is 5.01 Å². The van der Waals surface area contributed by atoms with Crippen LogP contribution in [0.2, 0.25) is 0 Å². The number of benzene rings is 2. The molecule has 2 aromatic carbocycles. The minimum absolute atomic E-state index is 0.111. The summed E-state index contributed by atoms with van der Waals surface area (Å²) < 4.78 is 5.79. The standard InChI is InChI=1S/C18H27N3O/c1-18(2,3)17(21(4)19)12-20-13-22-16-10-9-14-7-5-6-8-15(14)11-16/h5-11,17,20H,12-13,19H2,1-4H3. The molecule has 0 bridgehead atoms. The molecule has 2 rings (SSSR count). The van der Waals surface area contributed by atoms with Crippen LogP contribution in [0.4, 0.5) is 0 Å². The number of ether oxygens (including phenoxy) is 1. The first kappa shape index (κ1) is 16.7. The van der Waals surface area contributed by atoms with Crippen LogP contribution in [0.1, 0.15) is 20.8 Å². The van der Waals surface area contributed by atoms with E-state index in [0.29, 0.717) is 6.73 Å². The highest BCUT2D eigenvalue weighted by Gasteiger charge is 2.26. The molecule has 0 amide bonds. The molecule has 2 aromatic rings. The monoisotopic (exact) mass is 301 g/mol. The van der Waals surface area contributed by atoms with Crippen LogP contribution in [-0.4, -0.2) is 31.4 Å². The van der Waals surface area contributed by atoms with E-state index in [9.17, 15) is 0 Å². The molecule has 3 N–H and O–H groups in total. The molecule has 4 nitrogen and oxygen atoms in total. The fourth-order valence-corrected chi connectivity index (χ4v) is 2.65. The molecule has 0 spiro atoms. The van der Waals surface area contributed by atoms with E-state index in [1.807, 2.05) is 25.2 Å². The number of rotatable bonds is 6. The Kier molecular flexibility index (Phi) is 5.40. The summed E-state index contributed by atoms with van der Waals surface area (Å²) in [6.07, 6.45) is 0. The van der Waals surface area contributed by atoms with E-state index in [2.05, 4.69) is 50.4 Å². The first-order chi connectivity index (χ1) is 10.4. The van der Waals surface area contributed by atoms with Gasteiger partial charge in [0, 0.05) is 19.6 Å². The van der Waals surface area contributed by atoms with Gasteiger partial charge in [-0.3, -0.25) is 11.2 Å². The lowest BCUT2D eigenvalue weighted by molar-refractivity contribution is 0.117. The van der Waals surface area contributed by atoms with Crippen molar-refractivity contribution in [3.05, 3.63) is 42.5 Å². The van der Waals surface area contributed by atoms with Gasteiger partial charge >= 0.3 is 0 Å². The molecule has 0 aliphatic heterocycles. The van der Waals surface area contributed by atoms with Gasteiger partial charge in [0.25, 0.3) is 0 Å². The third kappa shape index (κ3) is 4.44. The maximum Gasteiger partial charge on any atom is 0.139 e. The SMILES string of the molecule is CN(N)C(CNCOc1ccc2ccccc2c1)C(C)(C)C. The number of hydrogen-bond donors (Lipinski definition) is 2. The highest BCUT2D eigenvalue weighted by Crippen LogP contribution is 2.22. The lowest BCUT2D eigenvalue weighted by Gasteiger charge is -2.35. The predicted molar refractivity (Wildman–Crippen MR) is 92.6 cm³/mol. The molecule has 1 unspecified atom stereocenters. The summed E-state index contributed by atoms with van der Waals surface area (Å²) in [6, 6.07) is 14.7. The molecule has 0 heterocycles. The number of fused-ring (bicyclic) bond motifs is 1. The van der Waals surface area contributed by atoms with Crippen molar-refractivity contribution in [2.24, 2.45) is 11.3 Å². The molecule has 0 aliphatic carbocycles. The first-order valence-electron chi connectivity index (χ1n) is 7.68. The molecule has 22 heavy (non-hydrogen) atoms. The maximum absolute atomic E-state index is 5.93. The van der Waals surface area contributed by atoms with Crippen LogP contribution in [0.3, 0.4) is 0 Å². The molecule has 0 saturated carbocycles. The summed E-state index contributed by atoms with van der Waals surface area (Å²) in [5.74, 6) is 6.81. The minimum atomic E-state index is 0.111. The number of nitrogens with zero attached hydrogens (tertiary/aromatic N) is 1. The van der Waals surface area contributed by atoms with Gasteiger partial charge in [0.05, 0.1) is 0 Å². The van der Waals surface area contributed by atoms with E-state index in [4.69, 9.17) is 10.6 Å². The summed E-state index contributed by atoms with van der Waals surface area (Å²) in [5.41, 5.74) is 0.111. The summed E-state index contributed by atoms with van der Waals surface area (Å²) in [5, 5.41) is 7.50. The van der Waals surface area contributed by atoms with Crippen molar-refractivity contribution in [3.8, 4) is 5.75 Å². The zero-order valence-electron chi connectivity index (χ0n) is 14.0. The number of hydrazine groups is 1. The summed E-state index contributed by atoms with van der Waals surface area (Å²) in [6.45, 7) is 7.82. The molecule has 0 radical (unpaired) electrons. The second-order valence-corrected chi connectivity index (χ2v) is 6.80. The van der Waals surface area contributed by atoms with Gasteiger partial charge in [-0.2, -0.15) is 0 Å². The molecule has 0 fully saturated rings. The van der Waals surface area contributed by atoms with Crippen LogP contribution in [-0.2, 0) is 0 Å². The zero-order chi connectivity index (χ0) is 16.2. The highest BCUT2D eigenvalue weighted by molar-refractivity contribution is 5.83. The van der Waals surface area contributed by atoms with E-state index in [0.717, 1.165) is 12.3 Å². The number of likely N-dealkylation sites (N-methyl/N-ethyl adjacent to an activating group) is 1. The Balaban J connectivity index is 1.87. The molecule has 0 aliphatic rings. The van der Waals surface area contributed by atoms with E-state index >= 15 is 0 Å². The third-order valence-corrected chi connectivity index (χ3v) is 3.89. The van der Waals surface area contributed by atoms with Gasteiger partial charge in [-0.05, 0) is 28.3 Å². The highest BCUT2D eigenvalue weighted by atomic mass is 16.5. The molecule has 0 saturated heterocycles. The average molecular weight is 301 g/mol. The van der Waals surface area contributed by atoms with Crippen LogP contribution in [0.5, 0.6) is 5.75 Å².